The number of rotatable bonds is 33. The van der Waals surface area contributed by atoms with Gasteiger partial charge in [-0.15, -0.1) is 0 Å². The van der Waals surface area contributed by atoms with E-state index < -0.39 is 0 Å². The number of aryl methyl sites for hydroxylation is 1. The van der Waals surface area contributed by atoms with Crippen LogP contribution >= 0.6 is 0 Å². The molecule has 13 nitrogen and oxygen atoms in total. The number of aromatic hydroxyl groups is 6. The third-order valence-electron chi connectivity index (χ3n) is 20.3. The highest BCUT2D eigenvalue weighted by molar-refractivity contribution is 5.91. The Kier molecular flexibility index (Phi) is 40.7. The quantitative estimate of drug-likeness (QED) is 0.0195. The van der Waals surface area contributed by atoms with Crippen LogP contribution in [0, 0.1) is 12.8 Å². The molecular weight excluding hydrogens is 1290 g/mol. The Morgan fingerprint density at radius 1 is 0.385 bits per heavy atom. The maximum Gasteiger partial charge on any atom is 0.120 e. The third kappa shape index (κ3) is 29.0. The first kappa shape index (κ1) is 88.7. The average molecular weight is 1420 g/mol. The molecule has 7 aromatic rings. The van der Waals surface area contributed by atoms with Crippen LogP contribution in [0.2, 0.25) is 0 Å². The lowest BCUT2D eigenvalue weighted by Gasteiger charge is -2.28. The maximum absolute atomic E-state index is 10.5. The summed E-state index contributed by atoms with van der Waals surface area (Å²) in [5.41, 5.74) is 17.4. The molecule has 0 heterocycles. The second-order valence-corrected chi connectivity index (χ2v) is 27.6. The van der Waals surface area contributed by atoms with E-state index in [0.29, 0.717) is 46.3 Å². The molecule has 0 fully saturated rings. The monoisotopic (exact) mass is 1420 g/mol. The minimum Gasteiger partial charge on any atom is -0.508 e. The van der Waals surface area contributed by atoms with Gasteiger partial charge in [0, 0.05) is 73.0 Å². The predicted octanol–water partition coefficient (Wildman–Crippen LogP) is 19.5. The van der Waals surface area contributed by atoms with Gasteiger partial charge in [-0.1, -0.05) is 217 Å². The predicted molar refractivity (Wildman–Crippen MR) is 440 cm³/mol. The molecule has 104 heavy (non-hydrogen) atoms. The van der Waals surface area contributed by atoms with Gasteiger partial charge >= 0.3 is 0 Å². The lowest BCUT2D eigenvalue weighted by Crippen LogP contribution is -2.29. The number of nitrogens with zero attached hydrogens (tertiary/aromatic N) is 6. The van der Waals surface area contributed by atoms with Crippen molar-refractivity contribution in [2.24, 2.45) is 5.92 Å². The SMILES string of the molecule is CC/C(=C(/CC)c1ccc(O)c(CN(CC)CC)c1)c1ccc(O)c(CN(CC)CC)c1.CC1=CC(CN(C)C)C(O)C=C1.CCC(c1ccc(O)c(CN(CC)CC)c1)C(CC)c1ccc(O)c(CN(CC)CC)c1.CCN(CC)Cc1cc(Cc2ccccc2)ccc1O.Cc1ccc(O)cc1. The van der Waals surface area contributed by atoms with Gasteiger partial charge in [-0.25, -0.2) is 0 Å². The molecule has 7 N–H and O–H groups in total. The molecule has 0 bridgehead atoms. The van der Waals surface area contributed by atoms with Crippen LogP contribution in [0.25, 0.3) is 11.1 Å². The van der Waals surface area contributed by atoms with Crippen molar-refractivity contribution < 1.29 is 35.7 Å². The van der Waals surface area contributed by atoms with Crippen LogP contribution in [-0.2, 0) is 39.1 Å². The Hall–Kier alpha value is -7.72. The number of hydrogen-bond acceptors (Lipinski definition) is 13. The van der Waals surface area contributed by atoms with Gasteiger partial charge in [0.1, 0.15) is 34.5 Å². The molecule has 13 heteroatoms. The van der Waals surface area contributed by atoms with Crippen LogP contribution in [0.1, 0.15) is 208 Å². The first-order valence-corrected chi connectivity index (χ1v) is 38.9. The summed E-state index contributed by atoms with van der Waals surface area (Å²) in [6.45, 7) is 48.9. The van der Waals surface area contributed by atoms with Gasteiger partial charge in [-0.05, 0) is 236 Å². The number of allylic oxidation sites excluding steroid dienone is 4. The van der Waals surface area contributed by atoms with Gasteiger partial charge in [0.25, 0.3) is 0 Å². The largest absolute Gasteiger partial charge is 0.508 e. The second kappa shape index (κ2) is 47.7. The molecule has 4 unspecified atom stereocenters. The Bertz CT molecular complexity index is 3500. The molecule has 570 valence electrons. The number of hydrogen-bond donors (Lipinski definition) is 7. The van der Waals surface area contributed by atoms with Gasteiger partial charge in [-0.2, -0.15) is 0 Å². The summed E-state index contributed by atoms with van der Waals surface area (Å²) in [7, 11) is 4.04. The Morgan fingerprint density at radius 2 is 0.731 bits per heavy atom. The maximum atomic E-state index is 10.5. The number of phenolic OH excluding ortho intramolecular Hbond substituents is 6. The van der Waals surface area contributed by atoms with E-state index in [1.807, 2.05) is 99.9 Å². The number of benzene rings is 7. The summed E-state index contributed by atoms with van der Waals surface area (Å²) in [4.78, 5) is 13.7. The first-order valence-electron chi connectivity index (χ1n) is 38.9. The molecular formula is C91H134N6O7. The van der Waals surface area contributed by atoms with Gasteiger partial charge in [0.2, 0.25) is 0 Å². The summed E-state index contributed by atoms with van der Waals surface area (Å²) >= 11 is 0. The average Bonchev–Trinajstić information content (AvgIpc) is 0.804. The van der Waals surface area contributed by atoms with Crippen molar-refractivity contribution in [2.75, 3.05) is 86.1 Å². The fraction of sp³-hybridized carbons (Fsp3) is 0.473. The fourth-order valence-electron chi connectivity index (χ4n) is 13.6. The number of aliphatic hydroxyl groups is 1. The van der Waals surface area contributed by atoms with Gasteiger partial charge in [-0.3, -0.25) is 24.5 Å². The van der Waals surface area contributed by atoms with E-state index >= 15 is 0 Å². The van der Waals surface area contributed by atoms with E-state index in [1.165, 1.54) is 55.7 Å². The smallest absolute Gasteiger partial charge is 0.120 e. The van der Waals surface area contributed by atoms with Crippen molar-refractivity contribution in [3.05, 3.63) is 236 Å². The van der Waals surface area contributed by atoms with Crippen molar-refractivity contribution in [3.63, 3.8) is 0 Å². The van der Waals surface area contributed by atoms with E-state index in [0.717, 1.165) is 165 Å². The zero-order chi connectivity index (χ0) is 76.8. The van der Waals surface area contributed by atoms with Crippen molar-refractivity contribution >= 4 is 11.1 Å². The lowest BCUT2D eigenvalue weighted by atomic mass is 9.77. The zero-order valence-electron chi connectivity index (χ0n) is 67.1. The molecule has 0 amide bonds. The van der Waals surface area contributed by atoms with E-state index in [9.17, 15) is 30.6 Å². The van der Waals surface area contributed by atoms with Crippen molar-refractivity contribution in [3.8, 4) is 34.5 Å². The molecule has 0 saturated heterocycles. The van der Waals surface area contributed by atoms with Crippen LogP contribution in [0.5, 0.6) is 34.5 Å². The van der Waals surface area contributed by atoms with E-state index in [2.05, 4.69) is 206 Å². The molecule has 0 aliphatic heterocycles. The van der Waals surface area contributed by atoms with Crippen LogP contribution < -0.4 is 0 Å². The summed E-state index contributed by atoms with van der Waals surface area (Å²) in [6.07, 6.45) is 10.4. The van der Waals surface area contributed by atoms with Gasteiger partial charge in [0.05, 0.1) is 6.10 Å². The standard InChI is InChI=1S/C28H44N2O2.C28H42N2O2.C18H23NO.C10H17NO.C7H8O/c2*1-7-25(21-13-15-27(31)23(17-21)19-29(9-3)10-4)26(8-2)22-14-16-28(32)24(18-22)20-30(11-5)12-6;1-3-19(4-2)14-17-13-16(10-11-18(17)20)12-15-8-6-5-7-9-15;1-8-4-5-10(12)9(6-8)7-11(2)3;1-6-2-4-7(8)5-3-6/h13-18,25-26,31-32H,7-12,19-20H2,1-6H3;13-18,31-32H,7-12,19-20H2,1-6H3;5-11,13,20H,3-4,12,14H2,1-2H3;4-6,9-10,12H,7H2,1-3H3;2-5,8H,1H3/b;26-25+;;;. The molecule has 0 spiro atoms. The minimum absolute atomic E-state index is 0.255. The molecule has 0 aromatic heterocycles. The lowest BCUT2D eigenvalue weighted by molar-refractivity contribution is 0.153. The highest BCUT2D eigenvalue weighted by Crippen LogP contribution is 2.41. The first-order chi connectivity index (χ1) is 49.9. The van der Waals surface area contributed by atoms with Crippen LogP contribution in [0.4, 0.5) is 0 Å². The molecule has 8 rings (SSSR count). The van der Waals surface area contributed by atoms with Crippen molar-refractivity contribution in [1.82, 2.24) is 29.4 Å². The normalized spacial score (nSPS) is 14.2. The van der Waals surface area contributed by atoms with E-state index in [1.54, 1.807) is 12.1 Å². The second-order valence-electron chi connectivity index (χ2n) is 27.6. The highest BCUT2D eigenvalue weighted by Gasteiger charge is 2.25. The number of phenols is 6. The van der Waals surface area contributed by atoms with Crippen molar-refractivity contribution in [2.45, 2.75) is 194 Å². The summed E-state index contributed by atoms with van der Waals surface area (Å²) in [5.74, 6) is 3.20. The molecule has 1 aliphatic carbocycles. The fourth-order valence-corrected chi connectivity index (χ4v) is 13.6. The van der Waals surface area contributed by atoms with E-state index in [4.69, 9.17) is 5.11 Å². The van der Waals surface area contributed by atoms with E-state index in [-0.39, 0.29) is 12.0 Å². The van der Waals surface area contributed by atoms with Crippen LogP contribution in [0.3, 0.4) is 0 Å². The van der Waals surface area contributed by atoms with Crippen molar-refractivity contribution in [1.29, 1.82) is 0 Å². The Morgan fingerprint density at radius 3 is 1.07 bits per heavy atom. The summed E-state index contributed by atoms with van der Waals surface area (Å²) in [6, 6.07) is 47.9. The van der Waals surface area contributed by atoms with Crippen LogP contribution in [-0.4, -0.2) is 157 Å². The van der Waals surface area contributed by atoms with Crippen LogP contribution in [0.15, 0.2) is 169 Å². The minimum atomic E-state index is -0.309. The third-order valence-corrected chi connectivity index (χ3v) is 20.3. The molecule has 0 radical (unpaired) electrons. The topological polar surface area (TPSA) is 161 Å². The number of aliphatic hydroxyl groups excluding tert-OH is 1. The molecule has 7 aromatic carbocycles. The summed E-state index contributed by atoms with van der Waals surface area (Å²) < 4.78 is 0. The van der Waals surface area contributed by atoms with Gasteiger partial charge < -0.3 is 40.6 Å². The highest BCUT2D eigenvalue weighted by atomic mass is 16.3. The zero-order valence-corrected chi connectivity index (χ0v) is 67.1. The Labute approximate surface area is 629 Å². The Balaban J connectivity index is 0.000000295. The molecule has 0 saturated carbocycles. The molecule has 1 aliphatic rings. The summed E-state index contributed by atoms with van der Waals surface area (Å²) in [5, 5.41) is 70.2. The van der Waals surface area contributed by atoms with Gasteiger partial charge in [0.15, 0.2) is 0 Å². The molecule has 4 atom stereocenters.